The molecule has 1 atom stereocenters. The Morgan fingerprint density at radius 1 is 0.971 bits per heavy atom. The van der Waals surface area contributed by atoms with Gasteiger partial charge >= 0.3 is 12.1 Å². The fraction of sp³-hybridized carbons (Fsp3) is 0.192. The molecule has 7 nitrogen and oxygen atoms in total. The molecule has 0 aliphatic heterocycles. The molecule has 3 N–H and O–H groups in total. The maximum absolute atomic E-state index is 12.6. The minimum absolute atomic E-state index is 0.0283. The number of alkyl carbamates (subject to hydrolysis) is 1. The van der Waals surface area contributed by atoms with Crippen LogP contribution in [0.4, 0.5) is 10.5 Å². The number of para-hydroxylation sites is 1. The average Bonchev–Trinajstić information content (AvgIpc) is 3.16. The van der Waals surface area contributed by atoms with Gasteiger partial charge in [-0.1, -0.05) is 61.5 Å². The van der Waals surface area contributed by atoms with E-state index in [0.717, 1.165) is 22.3 Å². The van der Waals surface area contributed by atoms with Gasteiger partial charge in [0.2, 0.25) is 5.91 Å². The second kappa shape index (κ2) is 10.1. The maximum atomic E-state index is 12.6. The number of fused-ring (bicyclic) bond motifs is 3. The second-order valence-corrected chi connectivity index (χ2v) is 8.92. The first-order valence-electron chi connectivity index (χ1n) is 10.8. The van der Waals surface area contributed by atoms with Crippen LogP contribution in [0.2, 0.25) is 0 Å². The number of hydrogen-bond acceptors (Lipinski definition) is 4. The highest BCUT2D eigenvalue weighted by molar-refractivity contribution is 9.10. The SMILES string of the molecule is CC(CNC(=O)OCC1c2ccccc2-c2ccccc21)C(=O)Nc1c(Br)cccc1C(=O)O. The standard InChI is InChI=1S/C26H23BrN2O5/c1-15(24(30)29-23-20(25(31)32)11-6-12-22(23)27)13-28-26(33)34-14-21-18-9-4-2-7-16(18)17-8-3-5-10-19(17)21/h2-12,15,21H,13-14H2,1H3,(H,28,33)(H,29,30)(H,31,32). The van der Waals surface area contributed by atoms with Crippen molar-refractivity contribution in [3.63, 3.8) is 0 Å². The highest BCUT2D eigenvalue weighted by Crippen LogP contribution is 2.44. The lowest BCUT2D eigenvalue weighted by Gasteiger charge is -2.17. The van der Waals surface area contributed by atoms with Crippen molar-refractivity contribution in [1.82, 2.24) is 5.32 Å². The Morgan fingerprint density at radius 3 is 2.21 bits per heavy atom. The van der Waals surface area contributed by atoms with Crippen LogP contribution >= 0.6 is 15.9 Å². The number of carbonyl (C=O) groups excluding carboxylic acids is 2. The van der Waals surface area contributed by atoms with E-state index >= 15 is 0 Å². The third-order valence-corrected chi connectivity index (χ3v) is 6.50. The summed E-state index contributed by atoms with van der Waals surface area (Å²) in [6, 6.07) is 20.8. The van der Waals surface area contributed by atoms with Crippen molar-refractivity contribution in [2.45, 2.75) is 12.8 Å². The molecule has 3 aromatic rings. The number of ether oxygens (including phenoxy) is 1. The van der Waals surface area contributed by atoms with E-state index in [1.807, 2.05) is 36.4 Å². The summed E-state index contributed by atoms with van der Waals surface area (Å²) in [5.41, 5.74) is 4.67. The van der Waals surface area contributed by atoms with Crippen molar-refractivity contribution in [2.24, 2.45) is 5.92 Å². The van der Waals surface area contributed by atoms with Crippen molar-refractivity contribution in [2.75, 3.05) is 18.5 Å². The van der Waals surface area contributed by atoms with E-state index in [4.69, 9.17) is 4.74 Å². The van der Waals surface area contributed by atoms with E-state index in [9.17, 15) is 19.5 Å². The van der Waals surface area contributed by atoms with E-state index in [2.05, 4.69) is 38.7 Å². The number of benzene rings is 3. The van der Waals surface area contributed by atoms with Gasteiger partial charge in [0.25, 0.3) is 0 Å². The van der Waals surface area contributed by atoms with Crippen LogP contribution in [-0.2, 0) is 9.53 Å². The minimum atomic E-state index is -1.15. The quantitative estimate of drug-likeness (QED) is 0.392. The molecule has 1 aliphatic rings. The van der Waals surface area contributed by atoms with Crippen molar-refractivity contribution < 1.29 is 24.2 Å². The summed E-state index contributed by atoms with van der Waals surface area (Å²) in [5, 5.41) is 14.6. The second-order valence-electron chi connectivity index (χ2n) is 8.06. The molecule has 8 heteroatoms. The Morgan fingerprint density at radius 2 is 1.59 bits per heavy atom. The molecular formula is C26H23BrN2O5. The van der Waals surface area contributed by atoms with Crippen molar-refractivity contribution in [1.29, 1.82) is 0 Å². The molecule has 0 fully saturated rings. The zero-order valence-electron chi connectivity index (χ0n) is 18.4. The molecule has 2 amide bonds. The van der Waals surface area contributed by atoms with Crippen LogP contribution in [0.25, 0.3) is 11.1 Å². The first-order valence-corrected chi connectivity index (χ1v) is 11.6. The number of halogens is 1. The van der Waals surface area contributed by atoms with Gasteiger partial charge < -0.3 is 20.5 Å². The number of carboxylic acid groups (broad SMARTS) is 1. The number of rotatable bonds is 7. The van der Waals surface area contributed by atoms with Gasteiger partial charge in [-0.2, -0.15) is 0 Å². The number of aromatic carboxylic acids is 1. The molecule has 0 aromatic heterocycles. The van der Waals surface area contributed by atoms with Crippen molar-refractivity contribution >= 4 is 39.6 Å². The van der Waals surface area contributed by atoms with Crippen molar-refractivity contribution in [3.8, 4) is 11.1 Å². The van der Waals surface area contributed by atoms with E-state index < -0.39 is 23.9 Å². The van der Waals surface area contributed by atoms with Crippen LogP contribution in [0.3, 0.4) is 0 Å². The van der Waals surface area contributed by atoms with E-state index in [1.54, 1.807) is 19.1 Å². The largest absolute Gasteiger partial charge is 0.478 e. The fourth-order valence-electron chi connectivity index (χ4n) is 4.05. The van der Waals surface area contributed by atoms with E-state index in [0.29, 0.717) is 4.47 Å². The molecule has 1 aliphatic carbocycles. The van der Waals surface area contributed by atoms with Gasteiger partial charge in [0.05, 0.1) is 17.2 Å². The molecule has 4 rings (SSSR count). The van der Waals surface area contributed by atoms with Gasteiger partial charge in [-0.15, -0.1) is 0 Å². The lowest BCUT2D eigenvalue weighted by molar-refractivity contribution is -0.119. The highest BCUT2D eigenvalue weighted by atomic mass is 79.9. The van der Waals surface area contributed by atoms with Crippen LogP contribution in [0, 0.1) is 5.92 Å². The molecular weight excluding hydrogens is 500 g/mol. The lowest BCUT2D eigenvalue weighted by atomic mass is 9.98. The maximum Gasteiger partial charge on any atom is 0.407 e. The van der Waals surface area contributed by atoms with Gasteiger partial charge in [-0.3, -0.25) is 4.79 Å². The smallest absolute Gasteiger partial charge is 0.407 e. The summed E-state index contributed by atoms with van der Waals surface area (Å²) in [6.45, 7) is 1.85. The van der Waals surface area contributed by atoms with Crippen LogP contribution < -0.4 is 10.6 Å². The van der Waals surface area contributed by atoms with Crippen LogP contribution in [0.5, 0.6) is 0 Å². The number of anilines is 1. The molecule has 0 saturated carbocycles. The van der Waals surface area contributed by atoms with Crippen molar-refractivity contribution in [3.05, 3.63) is 87.9 Å². The van der Waals surface area contributed by atoms with Gasteiger partial charge in [0.15, 0.2) is 0 Å². The molecule has 3 aromatic carbocycles. The number of carbonyl (C=O) groups is 3. The first kappa shape index (κ1) is 23.5. The summed E-state index contributed by atoms with van der Waals surface area (Å²) in [4.78, 5) is 36.4. The molecule has 0 bridgehead atoms. The Kier molecular flexibility index (Phi) is 6.98. The zero-order valence-corrected chi connectivity index (χ0v) is 20.0. The molecule has 34 heavy (non-hydrogen) atoms. The lowest BCUT2D eigenvalue weighted by Crippen LogP contribution is -2.35. The number of carboxylic acids is 1. The molecule has 1 unspecified atom stereocenters. The van der Waals surface area contributed by atoms with E-state index in [1.165, 1.54) is 6.07 Å². The Labute approximate surface area is 205 Å². The summed E-state index contributed by atoms with van der Waals surface area (Å²) >= 11 is 3.26. The summed E-state index contributed by atoms with van der Waals surface area (Å²) in [6.07, 6.45) is -0.617. The third kappa shape index (κ3) is 4.82. The van der Waals surface area contributed by atoms with E-state index in [-0.39, 0.29) is 30.3 Å². The summed E-state index contributed by atoms with van der Waals surface area (Å²) < 4.78 is 5.95. The Hall–Kier alpha value is -3.65. The van der Waals surface area contributed by atoms with Crippen LogP contribution in [-0.4, -0.2) is 36.2 Å². The number of hydrogen-bond donors (Lipinski definition) is 3. The topological polar surface area (TPSA) is 105 Å². The normalized spacial score (nSPS) is 12.9. The predicted octanol–water partition coefficient (Wildman–Crippen LogP) is 5.26. The van der Waals surface area contributed by atoms with Gasteiger partial charge in [0.1, 0.15) is 6.61 Å². The summed E-state index contributed by atoms with van der Waals surface area (Å²) in [5.74, 6) is -2.24. The van der Waals surface area contributed by atoms with Crippen LogP contribution in [0.1, 0.15) is 34.3 Å². The predicted molar refractivity (Wildman–Crippen MR) is 132 cm³/mol. The molecule has 0 heterocycles. The number of nitrogens with one attached hydrogen (secondary N) is 2. The summed E-state index contributed by atoms with van der Waals surface area (Å²) in [7, 11) is 0. The van der Waals surface area contributed by atoms with Crippen LogP contribution in [0.15, 0.2) is 71.2 Å². The fourth-order valence-corrected chi connectivity index (χ4v) is 4.52. The molecule has 0 spiro atoms. The van der Waals surface area contributed by atoms with Gasteiger partial charge in [-0.25, -0.2) is 9.59 Å². The Bertz CT molecular complexity index is 1210. The third-order valence-electron chi connectivity index (χ3n) is 5.84. The molecule has 0 radical (unpaired) electrons. The Balaban J connectivity index is 1.33. The number of amides is 2. The molecule has 174 valence electrons. The van der Waals surface area contributed by atoms with Gasteiger partial charge in [0, 0.05) is 16.9 Å². The average molecular weight is 523 g/mol. The zero-order chi connectivity index (χ0) is 24.2. The monoisotopic (exact) mass is 522 g/mol. The van der Waals surface area contributed by atoms with Gasteiger partial charge in [-0.05, 0) is 50.3 Å². The molecule has 0 saturated heterocycles. The first-order chi connectivity index (χ1) is 16.4. The minimum Gasteiger partial charge on any atom is -0.478 e. The highest BCUT2D eigenvalue weighted by Gasteiger charge is 2.29.